The summed E-state index contributed by atoms with van der Waals surface area (Å²) in [6.07, 6.45) is 0.138. The number of carbonyl (C=O) groups is 2. The maximum Gasteiger partial charge on any atom is 0.310 e. The summed E-state index contributed by atoms with van der Waals surface area (Å²) in [5.74, 6) is -1.99. The van der Waals surface area contributed by atoms with E-state index < -0.39 is 23.5 Å². The van der Waals surface area contributed by atoms with E-state index in [4.69, 9.17) is 15.1 Å². The smallest absolute Gasteiger partial charge is 0.310 e. The highest BCUT2D eigenvalue weighted by atomic mass is 16.6. The Hall–Kier alpha value is -1.57. The molecular weight excluding hydrogens is 198 g/mol. The van der Waals surface area contributed by atoms with E-state index in [2.05, 4.69) is 0 Å². The van der Waals surface area contributed by atoms with Crippen molar-refractivity contribution in [2.24, 2.45) is 5.92 Å². The Bertz CT molecular complexity index is 290. The molecule has 0 aliphatic carbocycles. The average Bonchev–Trinajstić information content (AvgIpc) is 2.13. The molecule has 0 fully saturated rings. The van der Waals surface area contributed by atoms with Crippen LogP contribution in [0.4, 0.5) is 0 Å². The second-order valence-electron chi connectivity index (χ2n) is 3.88. The number of ether oxygens (including phenoxy) is 1. The number of nitrogens with zero attached hydrogens (tertiary/aromatic N) is 1. The summed E-state index contributed by atoms with van der Waals surface area (Å²) in [6.45, 7) is 4.54. The summed E-state index contributed by atoms with van der Waals surface area (Å²) < 4.78 is 4.89. The Morgan fingerprint density at radius 3 is 2.47 bits per heavy atom. The Morgan fingerprint density at radius 1 is 1.53 bits per heavy atom. The number of rotatable bonds is 5. The van der Waals surface area contributed by atoms with Crippen LogP contribution in [0, 0.1) is 17.2 Å². The predicted molar refractivity (Wildman–Crippen MR) is 51.8 cm³/mol. The average molecular weight is 213 g/mol. The highest BCUT2D eigenvalue weighted by Crippen LogP contribution is 2.14. The third kappa shape index (κ3) is 5.68. The van der Waals surface area contributed by atoms with Crippen molar-refractivity contribution in [3.63, 3.8) is 0 Å². The molecule has 0 rings (SSSR count). The first kappa shape index (κ1) is 13.4. The fraction of sp³-hybridized carbons (Fsp3) is 0.700. The number of esters is 1. The summed E-state index contributed by atoms with van der Waals surface area (Å²) >= 11 is 0. The van der Waals surface area contributed by atoms with Gasteiger partial charge in [-0.25, -0.2) is 0 Å². The van der Waals surface area contributed by atoms with E-state index in [1.807, 2.05) is 6.07 Å². The fourth-order valence-electron chi connectivity index (χ4n) is 0.833. The van der Waals surface area contributed by atoms with Gasteiger partial charge in [0.2, 0.25) is 0 Å². The van der Waals surface area contributed by atoms with Crippen LogP contribution < -0.4 is 0 Å². The van der Waals surface area contributed by atoms with Gasteiger partial charge < -0.3 is 9.84 Å². The predicted octanol–water partition coefficient (Wildman–Crippen LogP) is 1.33. The Kier molecular flexibility index (Phi) is 4.79. The molecule has 1 atom stereocenters. The highest BCUT2D eigenvalue weighted by Gasteiger charge is 2.25. The molecular formula is C10H15NO4. The number of nitriles is 1. The van der Waals surface area contributed by atoms with E-state index in [1.165, 1.54) is 13.8 Å². The molecule has 0 bridgehead atoms. The number of carboxylic acid groups (broad SMARTS) is 1. The van der Waals surface area contributed by atoms with Gasteiger partial charge in [-0.05, 0) is 20.3 Å². The summed E-state index contributed by atoms with van der Waals surface area (Å²) in [4.78, 5) is 21.6. The maximum atomic E-state index is 11.4. The van der Waals surface area contributed by atoms with Crippen molar-refractivity contribution in [1.82, 2.24) is 0 Å². The molecule has 0 aromatic carbocycles. The molecule has 1 unspecified atom stereocenters. The van der Waals surface area contributed by atoms with Gasteiger partial charge >= 0.3 is 11.9 Å². The number of hydrogen-bond donors (Lipinski definition) is 1. The molecule has 5 heteroatoms. The summed E-state index contributed by atoms with van der Waals surface area (Å²) in [5, 5.41) is 17.0. The highest BCUT2D eigenvalue weighted by molar-refractivity contribution is 5.74. The largest absolute Gasteiger partial charge is 0.481 e. The lowest BCUT2D eigenvalue weighted by molar-refractivity contribution is -0.156. The van der Waals surface area contributed by atoms with Gasteiger partial charge in [-0.2, -0.15) is 5.26 Å². The zero-order valence-corrected chi connectivity index (χ0v) is 9.11. The van der Waals surface area contributed by atoms with Crippen LogP contribution in [-0.2, 0) is 14.3 Å². The lowest BCUT2D eigenvalue weighted by atomic mass is 10.1. The number of carbonyl (C=O) groups excluding carboxylic acids is 1. The molecule has 0 aliphatic heterocycles. The Labute approximate surface area is 88.6 Å². The third-order valence-corrected chi connectivity index (χ3v) is 1.82. The second-order valence-corrected chi connectivity index (χ2v) is 3.88. The van der Waals surface area contributed by atoms with Crippen molar-refractivity contribution in [3.05, 3.63) is 0 Å². The van der Waals surface area contributed by atoms with Crippen LogP contribution in [0.2, 0.25) is 0 Å². The minimum absolute atomic E-state index is 0.0801. The minimum atomic E-state index is -1.16. The fourth-order valence-corrected chi connectivity index (χ4v) is 0.833. The molecule has 15 heavy (non-hydrogen) atoms. The first-order valence-electron chi connectivity index (χ1n) is 4.64. The molecule has 0 spiro atoms. The molecule has 0 aromatic heterocycles. The maximum absolute atomic E-state index is 11.4. The van der Waals surface area contributed by atoms with E-state index >= 15 is 0 Å². The lowest BCUT2D eigenvalue weighted by Gasteiger charge is -2.19. The van der Waals surface area contributed by atoms with E-state index in [0.29, 0.717) is 0 Å². The van der Waals surface area contributed by atoms with Gasteiger partial charge in [0.15, 0.2) is 5.60 Å². The first-order valence-corrected chi connectivity index (χ1v) is 4.64. The zero-order chi connectivity index (χ0) is 12.1. The monoisotopic (exact) mass is 213 g/mol. The van der Waals surface area contributed by atoms with Crippen molar-refractivity contribution < 1.29 is 19.4 Å². The molecule has 0 saturated heterocycles. The SMILES string of the molecule is CC(CCC(=O)O)C(=O)OC(C)(C)C#N. The molecule has 84 valence electrons. The van der Waals surface area contributed by atoms with Crippen LogP contribution in [0.1, 0.15) is 33.6 Å². The van der Waals surface area contributed by atoms with Crippen LogP contribution >= 0.6 is 0 Å². The van der Waals surface area contributed by atoms with E-state index in [1.54, 1.807) is 6.92 Å². The number of aliphatic carboxylic acids is 1. The van der Waals surface area contributed by atoms with Crippen LogP contribution in [0.15, 0.2) is 0 Å². The van der Waals surface area contributed by atoms with E-state index in [-0.39, 0.29) is 12.8 Å². The van der Waals surface area contributed by atoms with Crippen LogP contribution in [0.3, 0.4) is 0 Å². The standard InChI is InChI=1S/C10H15NO4/c1-7(4-5-8(12)13)9(14)15-10(2,3)6-11/h7H,4-5H2,1-3H3,(H,12,13). The molecule has 0 saturated carbocycles. The Morgan fingerprint density at radius 2 is 2.07 bits per heavy atom. The normalized spacial score (nSPS) is 12.7. The minimum Gasteiger partial charge on any atom is -0.481 e. The van der Waals surface area contributed by atoms with E-state index in [0.717, 1.165) is 0 Å². The van der Waals surface area contributed by atoms with Gasteiger partial charge in [0, 0.05) is 6.42 Å². The summed E-state index contributed by atoms with van der Waals surface area (Å²) in [5.41, 5.74) is -1.16. The second kappa shape index (κ2) is 5.35. The van der Waals surface area contributed by atoms with Crippen molar-refractivity contribution in [3.8, 4) is 6.07 Å². The summed E-state index contributed by atoms with van der Waals surface area (Å²) in [7, 11) is 0. The molecule has 0 amide bonds. The zero-order valence-electron chi connectivity index (χ0n) is 9.11. The van der Waals surface area contributed by atoms with Crippen molar-refractivity contribution >= 4 is 11.9 Å². The third-order valence-electron chi connectivity index (χ3n) is 1.82. The van der Waals surface area contributed by atoms with Crippen molar-refractivity contribution in [2.45, 2.75) is 39.2 Å². The summed E-state index contributed by atoms with van der Waals surface area (Å²) in [6, 6.07) is 1.83. The van der Waals surface area contributed by atoms with Crippen LogP contribution in [0.5, 0.6) is 0 Å². The van der Waals surface area contributed by atoms with E-state index in [9.17, 15) is 9.59 Å². The lowest BCUT2D eigenvalue weighted by Crippen LogP contribution is -2.29. The van der Waals surface area contributed by atoms with Gasteiger partial charge in [-0.15, -0.1) is 0 Å². The van der Waals surface area contributed by atoms with Gasteiger partial charge in [0.1, 0.15) is 6.07 Å². The van der Waals surface area contributed by atoms with Gasteiger partial charge in [-0.3, -0.25) is 9.59 Å². The molecule has 5 nitrogen and oxygen atoms in total. The van der Waals surface area contributed by atoms with Gasteiger partial charge in [-0.1, -0.05) is 6.92 Å². The Balaban J connectivity index is 4.12. The first-order chi connectivity index (χ1) is 6.78. The molecule has 0 radical (unpaired) electrons. The molecule has 0 aliphatic rings. The van der Waals surface area contributed by atoms with Crippen LogP contribution in [-0.4, -0.2) is 22.6 Å². The van der Waals surface area contributed by atoms with Crippen molar-refractivity contribution in [1.29, 1.82) is 5.26 Å². The quantitative estimate of drug-likeness (QED) is 0.696. The molecule has 0 heterocycles. The van der Waals surface area contributed by atoms with Gasteiger partial charge in [0.25, 0.3) is 0 Å². The van der Waals surface area contributed by atoms with Gasteiger partial charge in [0.05, 0.1) is 5.92 Å². The topological polar surface area (TPSA) is 87.4 Å². The molecule has 1 N–H and O–H groups in total. The molecule has 0 aromatic rings. The number of carboxylic acids is 1. The van der Waals surface area contributed by atoms with Crippen molar-refractivity contribution in [2.75, 3.05) is 0 Å². The van der Waals surface area contributed by atoms with Crippen LogP contribution in [0.25, 0.3) is 0 Å². The number of hydrogen-bond acceptors (Lipinski definition) is 4.